The normalized spacial score (nSPS) is 41.2. The largest absolute Gasteiger partial charge is 0.322 e. The van der Waals surface area contributed by atoms with Crippen molar-refractivity contribution in [3.63, 3.8) is 0 Å². The second kappa shape index (κ2) is 4.68. The van der Waals surface area contributed by atoms with Crippen LogP contribution >= 0.6 is 0 Å². The fraction of sp³-hybridized carbons (Fsp3) is 1.00. The molecule has 3 atom stereocenters. The van der Waals surface area contributed by atoms with Crippen LogP contribution in [-0.2, 0) is 0 Å². The first-order valence-electron chi connectivity index (χ1n) is 6.92. The van der Waals surface area contributed by atoms with Crippen LogP contribution in [0.15, 0.2) is 0 Å². The summed E-state index contributed by atoms with van der Waals surface area (Å²) in [5.74, 6) is 0.953. The standard InChI is InChI=1S/C14H28N.CH4/c1-5-15(6-2)10-9-14(4)8-7-13(15)11-12(14)3;/h12-13H,5-11H2,1-4H3;1H4/q+1;. The SMILES string of the molecule is C.CC[N+]1(CC)CCC2(C)CCC1CC2C. The van der Waals surface area contributed by atoms with Gasteiger partial charge in [-0.2, -0.15) is 0 Å². The number of nitrogens with zero attached hydrogens (tertiary/aromatic N) is 1. The highest BCUT2D eigenvalue weighted by Crippen LogP contribution is 2.49. The van der Waals surface area contributed by atoms with Crippen LogP contribution in [0.5, 0.6) is 0 Å². The van der Waals surface area contributed by atoms with Crippen LogP contribution in [-0.4, -0.2) is 30.2 Å². The van der Waals surface area contributed by atoms with Crippen molar-refractivity contribution in [2.45, 2.75) is 66.8 Å². The molecule has 0 N–H and O–H groups in total. The second-order valence-corrected chi connectivity index (χ2v) is 6.31. The van der Waals surface area contributed by atoms with E-state index < -0.39 is 0 Å². The minimum absolute atomic E-state index is 0. The highest BCUT2D eigenvalue weighted by molar-refractivity contribution is 4.90. The Morgan fingerprint density at radius 3 is 2.31 bits per heavy atom. The van der Waals surface area contributed by atoms with Gasteiger partial charge in [0.2, 0.25) is 0 Å². The van der Waals surface area contributed by atoms with Crippen molar-refractivity contribution >= 4 is 0 Å². The maximum absolute atomic E-state index is 2.54. The minimum Gasteiger partial charge on any atom is -0.322 e. The summed E-state index contributed by atoms with van der Waals surface area (Å²) in [5, 5.41) is 0. The van der Waals surface area contributed by atoms with Crippen LogP contribution in [0.3, 0.4) is 0 Å². The molecule has 16 heavy (non-hydrogen) atoms. The van der Waals surface area contributed by atoms with Gasteiger partial charge in [0, 0.05) is 12.8 Å². The van der Waals surface area contributed by atoms with Gasteiger partial charge < -0.3 is 4.48 Å². The van der Waals surface area contributed by atoms with Crippen LogP contribution < -0.4 is 0 Å². The summed E-state index contributed by atoms with van der Waals surface area (Å²) in [6.07, 6.45) is 5.92. The van der Waals surface area contributed by atoms with Crippen LogP contribution in [0.1, 0.15) is 60.8 Å². The maximum Gasteiger partial charge on any atom is 0.0893 e. The van der Waals surface area contributed by atoms with Crippen molar-refractivity contribution < 1.29 is 4.48 Å². The van der Waals surface area contributed by atoms with Crippen molar-refractivity contribution in [3.05, 3.63) is 0 Å². The first kappa shape index (κ1) is 14.0. The van der Waals surface area contributed by atoms with E-state index in [0.29, 0.717) is 5.41 Å². The topological polar surface area (TPSA) is 0 Å². The molecule has 3 unspecified atom stereocenters. The lowest BCUT2D eigenvalue weighted by Crippen LogP contribution is -2.55. The molecule has 2 saturated heterocycles. The fourth-order valence-electron chi connectivity index (χ4n) is 4.14. The van der Waals surface area contributed by atoms with E-state index in [4.69, 9.17) is 0 Å². The molecule has 1 aliphatic carbocycles. The van der Waals surface area contributed by atoms with E-state index in [9.17, 15) is 0 Å². The van der Waals surface area contributed by atoms with E-state index >= 15 is 0 Å². The van der Waals surface area contributed by atoms with Crippen molar-refractivity contribution in [1.29, 1.82) is 0 Å². The van der Waals surface area contributed by atoms with E-state index in [2.05, 4.69) is 27.7 Å². The van der Waals surface area contributed by atoms with Gasteiger partial charge in [-0.25, -0.2) is 0 Å². The summed E-state index contributed by atoms with van der Waals surface area (Å²) in [6.45, 7) is 14.0. The van der Waals surface area contributed by atoms with E-state index in [1.165, 1.54) is 49.8 Å². The van der Waals surface area contributed by atoms with Crippen LogP contribution in [0, 0.1) is 11.3 Å². The third kappa shape index (κ3) is 1.92. The molecule has 0 spiro atoms. The Bertz CT molecular complexity index is 232. The van der Waals surface area contributed by atoms with Gasteiger partial charge in [-0.15, -0.1) is 0 Å². The molecule has 1 nitrogen and oxygen atoms in total. The molecule has 0 aromatic carbocycles. The zero-order valence-electron chi connectivity index (χ0n) is 11.1. The average molecular weight is 226 g/mol. The van der Waals surface area contributed by atoms with Gasteiger partial charge in [0.1, 0.15) is 0 Å². The number of hydrogen-bond acceptors (Lipinski definition) is 0. The quantitative estimate of drug-likeness (QED) is 0.622. The summed E-state index contributed by atoms with van der Waals surface area (Å²) in [6, 6.07) is 0.977. The number of hydrogen-bond donors (Lipinski definition) is 0. The van der Waals surface area contributed by atoms with Crippen molar-refractivity contribution in [1.82, 2.24) is 0 Å². The Morgan fingerprint density at radius 2 is 1.81 bits per heavy atom. The van der Waals surface area contributed by atoms with Crippen LogP contribution in [0.25, 0.3) is 0 Å². The molecule has 3 fully saturated rings. The Morgan fingerprint density at radius 1 is 1.19 bits per heavy atom. The van der Waals surface area contributed by atoms with Gasteiger partial charge in [-0.3, -0.25) is 0 Å². The number of fused-ring (bicyclic) bond motifs is 4. The van der Waals surface area contributed by atoms with Gasteiger partial charge >= 0.3 is 0 Å². The van der Waals surface area contributed by atoms with Crippen molar-refractivity contribution in [3.8, 4) is 0 Å². The highest BCUT2D eigenvalue weighted by Gasteiger charge is 2.49. The van der Waals surface area contributed by atoms with Gasteiger partial charge in [-0.05, 0) is 38.0 Å². The predicted molar refractivity (Wildman–Crippen MR) is 72.5 cm³/mol. The molecule has 1 heteroatoms. The Kier molecular flexibility index (Phi) is 4.10. The molecule has 3 aliphatic rings. The van der Waals surface area contributed by atoms with E-state index in [-0.39, 0.29) is 7.43 Å². The maximum atomic E-state index is 2.54. The molecular formula is C15H32N+. The fourth-order valence-corrected chi connectivity index (χ4v) is 4.14. The van der Waals surface area contributed by atoms with Crippen molar-refractivity contribution in [2.24, 2.45) is 11.3 Å². The summed E-state index contributed by atoms with van der Waals surface area (Å²) < 4.78 is 1.42. The summed E-state index contributed by atoms with van der Waals surface area (Å²) in [5.41, 5.74) is 0.668. The van der Waals surface area contributed by atoms with Gasteiger partial charge in [0.25, 0.3) is 0 Å². The van der Waals surface area contributed by atoms with Crippen molar-refractivity contribution in [2.75, 3.05) is 19.6 Å². The highest BCUT2D eigenvalue weighted by atomic mass is 15.4. The predicted octanol–water partition coefficient (Wildman–Crippen LogP) is 4.08. The second-order valence-electron chi connectivity index (χ2n) is 6.31. The zero-order chi connectivity index (χ0) is 11.1. The monoisotopic (exact) mass is 226 g/mol. The summed E-state index contributed by atoms with van der Waals surface area (Å²) in [4.78, 5) is 0. The van der Waals surface area contributed by atoms with Crippen LogP contribution in [0.2, 0.25) is 0 Å². The molecule has 1 saturated carbocycles. The van der Waals surface area contributed by atoms with Crippen LogP contribution in [0.4, 0.5) is 0 Å². The molecule has 0 amide bonds. The zero-order valence-corrected chi connectivity index (χ0v) is 11.1. The summed E-state index contributed by atoms with van der Waals surface area (Å²) in [7, 11) is 0. The van der Waals surface area contributed by atoms with Gasteiger partial charge in [0.15, 0.2) is 0 Å². The van der Waals surface area contributed by atoms with E-state index in [0.717, 1.165) is 12.0 Å². The van der Waals surface area contributed by atoms with E-state index in [1.807, 2.05) is 0 Å². The average Bonchev–Trinajstić information content (AvgIpc) is 2.44. The summed E-state index contributed by atoms with van der Waals surface area (Å²) >= 11 is 0. The third-order valence-electron chi connectivity index (χ3n) is 6.03. The first-order valence-corrected chi connectivity index (χ1v) is 6.92. The first-order chi connectivity index (χ1) is 7.06. The molecule has 2 heterocycles. The lowest BCUT2D eigenvalue weighted by atomic mass is 9.66. The minimum atomic E-state index is 0. The smallest absolute Gasteiger partial charge is 0.0893 e. The molecule has 2 bridgehead atoms. The Hall–Kier alpha value is -0.0400. The number of quaternary nitrogens is 1. The molecule has 0 aromatic rings. The molecule has 0 radical (unpaired) electrons. The number of rotatable bonds is 2. The Labute approximate surface area is 103 Å². The van der Waals surface area contributed by atoms with E-state index in [1.54, 1.807) is 0 Å². The third-order valence-corrected chi connectivity index (χ3v) is 6.03. The van der Waals surface area contributed by atoms with Gasteiger partial charge in [0.05, 0.1) is 25.7 Å². The molecule has 96 valence electrons. The molecule has 2 aliphatic heterocycles. The Balaban J connectivity index is 0.00000128. The lowest BCUT2D eigenvalue weighted by molar-refractivity contribution is -0.947. The lowest BCUT2D eigenvalue weighted by Gasteiger charge is -2.44. The van der Waals surface area contributed by atoms with Gasteiger partial charge in [-0.1, -0.05) is 21.3 Å². The molecule has 3 rings (SSSR count). The molecular weight excluding hydrogens is 194 g/mol. The molecule has 0 aromatic heterocycles.